The van der Waals surface area contributed by atoms with Crippen molar-refractivity contribution >= 4 is 21.2 Å². The molecule has 1 aromatic heterocycles. The molecule has 0 amide bonds. The molecule has 0 spiro atoms. The predicted molar refractivity (Wildman–Crippen MR) is 36.3 cm³/mol. The lowest BCUT2D eigenvalue weighted by Crippen LogP contribution is -2.12. The minimum Gasteiger partial charge on any atom is -0.260 e. The Morgan fingerprint density at radius 1 is 1.70 bits per heavy atom. The van der Waals surface area contributed by atoms with Gasteiger partial charge in [0.05, 0.1) is 10.2 Å². The SMILES string of the molecule is O=[N+]([O-])c1cccnc1[Si]. The fourth-order valence-corrected chi connectivity index (χ4v) is 0.793. The first kappa shape index (κ1) is 6.88. The molecule has 0 atom stereocenters. The van der Waals surface area contributed by atoms with Gasteiger partial charge in [-0.25, -0.2) is 0 Å². The van der Waals surface area contributed by atoms with Crippen LogP contribution in [0.5, 0.6) is 0 Å². The summed E-state index contributed by atoms with van der Waals surface area (Å²) >= 11 is 0. The van der Waals surface area contributed by atoms with Crippen LogP contribution in [0.3, 0.4) is 0 Å². The number of hydrogen-bond acceptors (Lipinski definition) is 3. The molecule has 0 aliphatic carbocycles. The highest BCUT2D eigenvalue weighted by atomic mass is 28.1. The van der Waals surface area contributed by atoms with E-state index in [9.17, 15) is 10.1 Å². The summed E-state index contributed by atoms with van der Waals surface area (Å²) in [6, 6.07) is 2.90. The summed E-state index contributed by atoms with van der Waals surface area (Å²) in [6.07, 6.45) is 1.48. The van der Waals surface area contributed by atoms with Gasteiger partial charge in [-0.3, -0.25) is 15.1 Å². The Balaban J connectivity index is 3.15. The molecule has 0 bridgehead atoms. The number of aromatic nitrogens is 1. The third kappa shape index (κ3) is 1.19. The first-order valence-electron chi connectivity index (χ1n) is 2.53. The van der Waals surface area contributed by atoms with Gasteiger partial charge in [0, 0.05) is 12.3 Å². The molecule has 3 radical (unpaired) electrons. The van der Waals surface area contributed by atoms with Gasteiger partial charge in [0.15, 0.2) is 0 Å². The van der Waals surface area contributed by atoms with Crippen LogP contribution >= 0.6 is 0 Å². The molecule has 0 N–H and O–H groups in total. The summed E-state index contributed by atoms with van der Waals surface area (Å²) in [5, 5.41) is 10.4. The van der Waals surface area contributed by atoms with Gasteiger partial charge < -0.3 is 0 Å². The van der Waals surface area contributed by atoms with Crippen LogP contribution in [0.1, 0.15) is 0 Å². The standard InChI is InChI=1S/C5H3N2O2Si/c8-7(9)4-2-1-3-6-5(4)10/h1-3H. The summed E-state index contributed by atoms with van der Waals surface area (Å²) in [5.41, 5.74) is -0.0147. The van der Waals surface area contributed by atoms with Crippen LogP contribution < -0.4 is 5.32 Å². The normalized spacial score (nSPS) is 9.30. The van der Waals surface area contributed by atoms with Gasteiger partial charge in [0.25, 0.3) is 5.69 Å². The molecule has 49 valence electrons. The molecule has 5 heteroatoms. The van der Waals surface area contributed by atoms with Crippen molar-refractivity contribution in [1.29, 1.82) is 0 Å². The average Bonchev–Trinajstić information content (AvgIpc) is 1.88. The van der Waals surface area contributed by atoms with Crippen LogP contribution in [-0.4, -0.2) is 20.1 Å². The Morgan fingerprint density at radius 2 is 2.40 bits per heavy atom. The van der Waals surface area contributed by atoms with Gasteiger partial charge in [-0.15, -0.1) is 0 Å². The first-order valence-corrected chi connectivity index (χ1v) is 3.03. The van der Waals surface area contributed by atoms with E-state index in [2.05, 4.69) is 15.2 Å². The molecular weight excluding hydrogens is 148 g/mol. The molecule has 1 heterocycles. The van der Waals surface area contributed by atoms with Crippen LogP contribution in [-0.2, 0) is 0 Å². The highest BCUT2D eigenvalue weighted by Gasteiger charge is 2.07. The fraction of sp³-hybridized carbons (Fsp3) is 0. The van der Waals surface area contributed by atoms with E-state index >= 15 is 0 Å². The van der Waals surface area contributed by atoms with Gasteiger partial charge in [0.1, 0.15) is 10.2 Å². The quantitative estimate of drug-likeness (QED) is 0.317. The van der Waals surface area contributed by atoms with E-state index in [1.807, 2.05) is 0 Å². The van der Waals surface area contributed by atoms with E-state index in [1.165, 1.54) is 18.3 Å². The smallest absolute Gasteiger partial charge is 0.260 e. The number of nitro groups is 1. The largest absolute Gasteiger partial charge is 0.285 e. The van der Waals surface area contributed by atoms with Crippen molar-refractivity contribution in [3.05, 3.63) is 28.4 Å². The topological polar surface area (TPSA) is 56.0 Å². The maximum atomic E-state index is 10.2. The van der Waals surface area contributed by atoms with Gasteiger partial charge in [-0.1, -0.05) is 0 Å². The monoisotopic (exact) mass is 151 g/mol. The van der Waals surface area contributed by atoms with Crippen LogP contribution in [0.15, 0.2) is 18.3 Å². The number of rotatable bonds is 1. The highest BCUT2D eigenvalue weighted by Crippen LogP contribution is 2.01. The van der Waals surface area contributed by atoms with E-state index in [0.717, 1.165) is 0 Å². The van der Waals surface area contributed by atoms with Crippen LogP contribution in [0.25, 0.3) is 0 Å². The van der Waals surface area contributed by atoms with Crippen molar-refractivity contribution in [3.63, 3.8) is 0 Å². The van der Waals surface area contributed by atoms with Crippen molar-refractivity contribution in [3.8, 4) is 0 Å². The lowest BCUT2D eigenvalue weighted by Gasteiger charge is -1.91. The summed E-state index contributed by atoms with van der Waals surface area (Å²) < 4.78 is 0. The van der Waals surface area contributed by atoms with Crippen molar-refractivity contribution < 1.29 is 4.92 Å². The molecule has 10 heavy (non-hydrogen) atoms. The zero-order chi connectivity index (χ0) is 7.56. The molecule has 1 rings (SSSR count). The van der Waals surface area contributed by atoms with E-state index in [-0.39, 0.29) is 11.0 Å². The van der Waals surface area contributed by atoms with Crippen molar-refractivity contribution in [2.45, 2.75) is 0 Å². The van der Waals surface area contributed by atoms with Gasteiger partial charge in [-0.2, -0.15) is 0 Å². The van der Waals surface area contributed by atoms with Crippen LogP contribution in [0.4, 0.5) is 5.69 Å². The molecule has 0 saturated heterocycles. The molecule has 0 saturated carbocycles. The molecule has 0 aliphatic rings. The van der Waals surface area contributed by atoms with Crippen molar-refractivity contribution in [2.24, 2.45) is 0 Å². The van der Waals surface area contributed by atoms with E-state index in [0.29, 0.717) is 0 Å². The Morgan fingerprint density at radius 3 is 2.80 bits per heavy atom. The number of nitrogens with zero attached hydrogens (tertiary/aromatic N) is 2. The highest BCUT2D eigenvalue weighted by molar-refractivity contribution is 6.33. The number of hydrogen-bond donors (Lipinski definition) is 0. The lowest BCUT2D eigenvalue weighted by molar-refractivity contribution is -0.383. The summed E-state index contributed by atoms with van der Waals surface area (Å²) in [4.78, 5) is 13.3. The summed E-state index contributed by atoms with van der Waals surface area (Å²) in [5.74, 6) is 0. The zero-order valence-corrected chi connectivity index (χ0v) is 5.94. The van der Waals surface area contributed by atoms with Gasteiger partial charge >= 0.3 is 0 Å². The summed E-state index contributed by atoms with van der Waals surface area (Å²) in [6.45, 7) is 0. The second-order valence-corrected chi connectivity index (χ2v) is 2.10. The van der Waals surface area contributed by atoms with Gasteiger partial charge in [0.2, 0.25) is 0 Å². The zero-order valence-electron chi connectivity index (χ0n) is 4.94. The second kappa shape index (κ2) is 2.57. The maximum Gasteiger partial charge on any atom is 0.285 e. The number of pyridine rings is 1. The van der Waals surface area contributed by atoms with Crippen molar-refractivity contribution in [2.75, 3.05) is 0 Å². The molecule has 4 nitrogen and oxygen atoms in total. The molecule has 1 aromatic rings. The molecule has 0 fully saturated rings. The Bertz CT molecular complexity index is 264. The Kier molecular flexibility index (Phi) is 1.77. The van der Waals surface area contributed by atoms with E-state index < -0.39 is 4.92 Å². The second-order valence-electron chi connectivity index (χ2n) is 1.63. The van der Waals surface area contributed by atoms with E-state index in [4.69, 9.17) is 0 Å². The Labute approximate surface area is 60.5 Å². The predicted octanol–water partition coefficient (Wildman–Crippen LogP) is -0.216. The average molecular weight is 151 g/mol. The molecule has 0 aliphatic heterocycles. The van der Waals surface area contributed by atoms with Crippen molar-refractivity contribution in [1.82, 2.24) is 4.98 Å². The van der Waals surface area contributed by atoms with Gasteiger partial charge in [-0.05, 0) is 6.07 Å². The third-order valence-corrected chi connectivity index (χ3v) is 1.37. The minimum absolute atomic E-state index is 0.0147. The first-order chi connectivity index (χ1) is 4.72. The lowest BCUT2D eigenvalue weighted by atomic mass is 10.4. The maximum absolute atomic E-state index is 10.2. The summed E-state index contributed by atoms with van der Waals surface area (Å²) in [7, 11) is 2.99. The minimum atomic E-state index is -0.491. The fourth-order valence-electron chi connectivity index (χ4n) is 0.544. The van der Waals surface area contributed by atoms with E-state index in [1.54, 1.807) is 0 Å². The molecular formula is C5H3N2O2Si. The Hall–Kier alpha value is -1.23. The molecule has 0 aromatic carbocycles. The molecule has 0 unspecified atom stereocenters. The van der Waals surface area contributed by atoms with Crippen LogP contribution in [0.2, 0.25) is 0 Å². The van der Waals surface area contributed by atoms with Crippen LogP contribution in [0, 0.1) is 10.1 Å². The third-order valence-electron chi connectivity index (χ3n) is 0.983.